The first kappa shape index (κ1) is 20.4. The summed E-state index contributed by atoms with van der Waals surface area (Å²) in [7, 11) is 1.76. The largest absolute Gasteiger partial charge is 0.353 e. The molecule has 8 nitrogen and oxygen atoms in total. The Morgan fingerprint density at radius 3 is 2.38 bits per heavy atom. The van der Waals surface area contributed by atoms with Gasteiger partial charge in [0.1, 0.15) is 17.3 Å². The lowest BCUT2D eigenvalue weighted by atomic mass is 10.1. The van der Waals surface area contributed by atoms with Gasteiger partial charge in [-0.3, -0.25) is 9.48 Å². The van der Waals surface area contributed by atoms with Crippen LogP contribution in [0.25, 0.3) is 11.3 Å². The zero-order valence-electron chi connectivity index (χ0n) is 18.1. The highest BCUT2D eigenvalue weighted by atomic mass is 19.1. The molecule has 2 fully saturated rings. The van der Waals surface area contributed by atoms with Crippen LogP contribution in [0.15, 0.2) is 42.6 Å². The molecular formula is C23H26FN7O. The molecule has 32 heavy (non-hydrogen) atoms. The Hall–Kier alpha value is -3.49. The third-order valence-corrected chi connectivity index (χ3v) is 6.15. The fourth-order valence-corrected chi connectivity index (χ4v) is 4.31. The second-order valence-electron chi connectivity index (χ2n) is 8.23. The lowest BCUT2D eigenvalue weighted by Gasteiger charge is -2.35. The molecule has 0 spiro atoms. The molecular weight excluding hydrogens is 409 g/mol. The van der Waals surface area contributed by atoms with Gasteiger partial charge in [0.25, 0.3) is 5.91 Å². The lowest BCUT2D eigenvalue weighted by Crippen LogP contribution is -2.49. The number of hydrogen-bond acceptors (Lipinski definition) is 6. The molecule has 0 atom stereocenters. The number of aryl methyl sites for hydroxylation is 1. The maximum absolute atomic E-state index is 13.2. The number of carbonyl (C=O) groups is 1. The average Bonchev–Trinajstić information content (AvgIpc) is 3.50. The van der Waals surface area contributed by atoms with Crippen LogP contribution in [0.5, 0.6) is 0 Å². The maximum atomic E-state index is 13.2. The lowest BCUT2D eigenvalue weighted by molar-refractivity contribution is 0.0735. The predicted octanol–water partition coefficient (Wildman–Crippen LogP) is 2.58. The molecule has 0 bridgehead atoms. The Kier molecular flexibility index (Phi) is 5.46. The monoisotopic (exact) mass is 435 g/mol. The molecule has 3 aromatic rings. The van der Waals surface area contributed by atoms with Crippen molar-refractivity contribution in [2.45, 2.75) is 12.8 Å². The van der Waals surface area contributed by atoms with Crippen molar-refractivity contribution < 1.29 is 9.18 Å². The molecule has 0 N–H and O–H groups in total. The molecule has 2 saturated heterocycles. The summed E-state index contributed by atoms with van der Waals surface area (Å²) in [5.41, 5.74) is 1.96. The molecule has 0 saturated carbocycles. The van der Waals surface area contributed by atoms with Crippen LogP contribution in [-0.4, -0.2) is 69.8 Å². The summed E-state index contributed by atoms with van der Waals surface area (Å²) < 4.78 is 14.8. The number of hydrogen-bond donors (Lipinski definition) is 0. The number of piperazine rings is 1. The van der Waals surface area contributed by atoms with Gasteiger partial charge in [-0.15, -0.1) is 0 Å². The van der Waals surface area contributed by atoms with E-state index in [4.69, 9.17) is 4.98 Å². The van der Waals surface area contributed by atoms with Crippen molar-refractivity contribution in [2.75, 3.05) is 49.1 Å². The van der Waals surface area contributed by atoms with Crippen molar-refractivity contribution in [3.8, 4) is 11.3 Å². The van der Waals surface area contributed by atoms with Crippen molar-refractivity contribution in [2.24, 2.45) is 7.05 Å². The van der Waals surface area contributed by atoms with E-state index in [-0.39, 0.29) is 11.7 Å². The van der Waals surface area contributed by atoms with Gasteiger partial charge < -0.3 is 14.7 Å². The first-order valence-corrected chi connectivity index (χ1v) is 11.0. The van der Waals surface area contributed by atoms with E-state index in [0.717, 1.165) is 30.4 Å². The highest BCUT2D eigenvalue weighted by molar-refractivity contribution is 5.94. The van der Waals surface area contributed by atoms with Crippen LogP contribution in [0.4, 0.5) is 16.2 Å². The molecule has 0 unspecified atom stereocenters. The minimum Gasteiger partial charge on any atom is -0.353 e. The molecule has 2 aromatic heterocycles. The summed E-state index contributed by atoms with van der Waals surface area (Å²) in [5, 5.41) is 4.45. The molecule has 1 amide bonds. The van der Waals surface area contributed by atoms with E-state index in [1.807, 2.05) is 17.2 Å². The van der Waals surface area contributed by atoms with Gasteiger partial charge >= 0.3 is 0 Å². The fraction of sp³-hybridized carbons (Fsp3) is 0.391. The van der Waals surface area contributed by atoms with Gasteiger partial charge in [-0.25, -0.2) is 9.37 Å². The van der Waals surface area contributed by atoms with Crippen LogP contribution in [0.1, 0.15) is 23.3 Å². The number of amides is 1. The summed E-state index contributed by atoms with van der Waals surface area (Å²) in [6.45, 7) is 4.67. The summed E-state index contributed by atoms with van der Waals surface area (Å²) in [4.78, 5) is 28.6. The van der Waals surface area contributed by atoms with Crippen LogP contribution in [0.3, 0.4) is 0 Å². The first-order valence-electron chi connectivity index (χ1n) is 11.0. The number of rotatable bonds is 4. The molecule has 5 rings (SSSR count). The third-order valence-electron chi connectivity index (χ3n) is 6.15. The molecule has 9 heteroatoms. The number of benzene rings is 1. The van der Waals surface area contributed by atoms with Crippen molar-refractivity contribution in [1.29, 1.82) is 0 Å². The highest BCUT2D eigenvalue weighted by Gasteiger charge is 2.26. The van der Waals surface area contributed by atoms with E-state index in [2.05, 4.69) is 19.9 Å². The van der Waals surface area contributed by atoms with Crippen molar-refractivity contribution in [3.05, 3.63) is 54.1 Å². The molecule has 0 aliphatic carbocycles. The molecule has 0 radical (unpaired) electrons. The van der Waals surface area contributed by atoms with Crippen molar-refractivity contribution in [3.63, 3.8) is 0 Å². The molecule has 2 aliphatic heterocycles. The second-order valence-corrected chi connectivity index (χ2v) is 8.23. The fourth-order valence-electron chi connectivity index (χ4n) is 4.31. The normalized spacial score (nSPS) is 16.6. The Labute approximate surface area is 186 Å². The van der Waals surface area contributed by atoms with E-state index < -0.39 is 0 Å². The first-order chi connectivity index (χ1) is 15.6. The standard InChI is InChI=1S/C23H26FN7O/c1-28-20(16-19(27-28)17-4-6-18(24)7-5-17)22(32)30-14-12-29(13-15-30)21-8-9-25-23(26-21)31-10-2-3-11-31/h4-9,16H,2-3,10-15H2,1H3. The summed E-state index contributed by atoms with van der Waals surface area (Å²) in [6, 6.07) is 9.84. The topological polar surface area (TPSA) is 70.4 Å². The van der Waals surface area contributed by atoms with Crippen LogP contribution >= 0.6 is 0 Å². The number of halogens is 1. The molecule has 1 aromatic carbocycles. The Bertz CT molecular complexity index is 1100. The van der Waals surface area contributed by atoms with Gasteiger partial charge in [0.2, 0.25) is 5.95 Å². The van der Waals surface area contributed by atoms with Crippen molar-refractivity contribution >= 4 is 17.7 Å². The van der Waals surface area contributed by atoms with Crippen LogP contribution in [-0.2, 0) is 7.05 Å². The van der Waals surface area contributed by atoms with Gasteiger partial charge in [-0.1, -0.05) is 0 Å². The quantitative estimate of drug-likeness (QED) is 0.627. The van der Waals surface area contributed by atoms with E-state index >= 15 is 0 Å². The SMILES string of the molecule is Cn1nc(-c2ccc(F)cc2)cc1C(=O)N1CCN(c2ccnc(N3CCCC3)n2)CC1. The Morgan fingerprint density at radius 1 is 0.938 bits per heavy atom. The molecule has 2 aliphatic rings. The number of nitrogens with zero attached hydrogens (tertiary/aromatic N) is 7. The minimum absolute atomic E-state index is 0.0477. The van der Waals surface area contributed by atoms with E-state index in [0.29, 0.717) is 37.6 Å². The van der Waals surface area contributed by atoms with E-state index in [1.165, 1.54) is 25.0 Å². The predicted molar refractivity (Wildman–Crippen MR) is 120 cm³/mol. The van der Waals surface area contributed by atoms with E-state index in [1.54, 1.807) is 29.9 Å². The van der Waals surface area contributed by atoms with E-state index in [9.17, 15) is 9.18 Å². The highest BCUT2D eigenvalue weighted by Crippen LogP contribution is 2.22. The Balaban J connectivity index is 1.25. The number of carbonyl (C=O) groups excluding carboxylic acids is 1. The zero-order chi connectivity index (χ0) is 22.1. The van der Waals surface area contributed by atoms with Crippen molar-refractivity contribution in [1.82, 2.24) is 24.6 Å². The van der Waals surface area contributed by atoms with Gasteiger partial charge in [0.05, 0.1) is 5.69 Å². The van der Waals surface area contributed by atoms with Gasteiger partial charge in [0.15, 0.2) is 0 Å². The molecule has 4 heterocycles. The zero-order valence-corrected chi connectivity index (χ0v) is 18.1. The van der Waals surface area contributed by atoms with Crippen LogP contribution in [0, 0.1) is 5.82 Å². The number of anilines is 2. The van der Waals surface area contributed by atoms with Crippen LogP contribution < -0.4 is 9.80 Å². The second kappa shape index (κ2) is 8.57. The summed E-state index contributed by atoms with van der Waals surface area (Å²) in [6.07, 6.45) is 4.19. The average molecular weight is 436 g/mol. The molecule has 166 valence electrons. The third kappa shape index (κ3) is 4.02. The summed E-state index contributed by atoms with van der Waals surface area (Å²) >= 11 is 0. The Morgan fingerprint density at radius 2 is 1.66 bits per heavy atom. The maximum Gasteiger partial charge on any atom is 0.272 e. The van der Waals surface area contributed by atoms with Gasteiger partial charge in [0, 0.05) is 58.1 Å². The van der Waals surface area contributed by atoms with Crippen LogP contribution in [0.2, 0.25) is 0 Å². The van der Waals surface area contributed by atoms with Gasteiger partial charge in [-0.05, 0) is 49.2 Å². The smallest absolute Gasteiger partial charge is 0.272 e. The summed E-state index contributed by atoms with van der Waals surface area (Å²) in [5.74, 6) is 1.36. The minimum atomic E-state index is -0.296. The number of aromatic nitrogens is 4. The van der Waals surface area contributed by atoms with Gasteiger partial charge in [-0.2, -0.15) is 10.1 Å².